The van der Waals surface area contributed by atoms with Crippen molar-refractivity contribution in [1.29, 1.82) is 0 Å². The molecule has 4 rings (SSSR count). The van der Waals surface area contributed by atoms with Crippen LogP contribution in [-0.4, -0.2) is 11.1 Å². The highest BCUT2D eigenvalue weighted by Crippen LogP contribution is 2.49. The molecule has 1 N–H and O–H groups in total. The van der Waals surface area contributed by atoms with Gasteiger partial charge in [-0.25, -0.2) is 4.79 Å². The largest absolute Gasteiger partial charge is 0.478 e. The van der Waals surface area contributed by atoms with E-state index in [1.807, 2.05) is 6.07 Å². The highest BCUT2D eigenvalue weighted by atomic mass is 16.4. The smallest absolute Gasteiger partial charge is 0.328 e. The lowest BCUT2D eigenvalue weighted by atomic mass is 9.62. The molecule has 1 aromatic carbocycles. The fourth-order valence-corrected chi connectivity index (χ4v) is 5.25. The Bertz CT molecular complexity index is 988. The Morgan fingerprint density at radius 3 is 2.38 bits per heavy atom. The van der Waals surface area contributed by atoms with E-state index in [0.717, 1.165) is 31.1 Å². The predicted molar refractivity (Wildman–Crippen MR) is 117 cm³/mol. The van der Waals surface area contributed by atoms with Gasteiger partial charge in [-0.2, -0.15) is 0 Å². The number of aryl methyl sites for hydroxylation is 2. The first kappa shape index (κ1) is 20.0. The van der Waals surface area contributed by atoms with Crippen LogP contribution in [0.15, 0.2) is 28.7 Å². The third kappa shape index (κ3) is 3.56. The average molecular weight is 393 g/mol. The number of benzene rings is 1. The minimum absolute atomic E-state index is 0.191. The molecule has 3 heteroatoms. The fraction of sp³-hybridized carbons (Fsp3) is 0.500. The average Bonchev–Trinajstić information content (AvgIpc) is 3.07. The van der Waals surface area contributed by atoms with Gasteiger partial charge in [-0.1, -0.05) is 39.8 Å². The Morgan fingerprint density at radius 1 is 1.07 bits per heavy atom. The van der Waals surface area contributed by atoms with Crippen LogP contribution in [0.3, 0.4) is 0 Å². The standard InChI is InChI=1S/C26H32O3/c1-16-13-21-22(26(4,5)12-11-25(21,2)3)15-19(16)18-7-6-8-23-20(18)14-17(29-23)9-10-24(27)28/h9-10,13-15,18H,6-8,11-12H2,1-5H3,(H,27,28)/b10-9+. The molecule has 0 fully saturated rings. The van der Waals surface area contributed by atoms with E-state index >= 15 is 0 Å². The number of rotatable bonds is 3. The summed E-state index contributed by atoms with van der Waals surface area (Å²) in [6.45, 7) is 11.7. The SMILES string of the molecule is Cc1cc2c(cc1C1CCCc3oc(/C=C/C(=O)O)cc31)C(C)(C)CCC2(C)C. The van der Waals surface area contributed by atoms with E-state index < -0.39 is 5.97 Å². The minimum Gasteiger partial charge on any atom is -0.478 e. The number of carboxylic acid groups (broad SMARTS) is 1. The molecule has 2 aliphatic carbocycles. The van der Waals surface area contributed by atoms with E-state index in [9.17, 15) is 4.79 Å². The lowest BCUT2D eigenvalue weighted by Gasteiger charge is -2.43. The second-order valence-corrected chi connectivity index (χ2v) is 10.2. The first-order chi connectivity index (χ1) is 13.6. The maximum Gasteiger partial charge on any atom is 0.328 e. The van der Waals surface area contributed by atoms with Crippen LogP contribution in [0.25, 0.3) is 6.08 Å². The number of aliphatic carboxylic acids is 1. The van der Waals surface area contributed by atoms with Crippen LogP contribution in [0.2, 0.25) is 0 Å². The number of furan rings is 1. The molecule has 1 unspecified atom stereocenters. The molecule has 29 heavy (non-hydrogen) atoms. The van der Waals surface area contributed by atoms with Gasteiger partial charge in [0.25, 0.3) is 0 Å². The second-order valence-electron chi connectivity index (χ2n) is 10.2. The first-order valence-corrected chi connectivity index (χ1v) is 10.8. The van der Waals surface area contributed by atoms with Crippen molar-refractivity contribution in [2.75, 3.05) is 0 Å². The summed E-state index contributed by atoms with van der Waals surface area (Å²) in [5.74, 6) is 1.02. The summed E-state index contributed by atoms with van der Waals surface area (Å²) >= 11 is 0. The minimum atomic E-state index is -0.953. The van der Waals surface area contributed by atoms with Gasteiger partial charge in [0, 0.05) is 24.0 Å². The zero-order valence-corrected chi connectivity index (χ0v) is 18.3. The van der Waals surface area contributed by atoms with Crippen LogP contribution >= 0.6 is 0 Å². The van der Waals surface area contributed by atoms with Crippen LogP contribution in [-0.2, 0) is 22.0 Å². The maximum atomic E-state index is 10.9. The van der Waals surface area contributed by atoms with Gasteiger partial charge in [0.2, 0.25) is 0 Å². The normalized spacial score (nSPS) is 22.3. The summed E-state index contributed by atoms with van der Waals surface area (Å²) < 4.78 is 5.98. The van der Waals surface area contributed by atoms with Gasteiger partial charge < -0.3 is 9.52 Å². The Balaban J connectivity index is 1.80. The molecule has 0 spiro atoms. The molecule has 0 aliphatic heterocycles. The molecule has 1 heterocycles. The third-order valence-electron chi connectivity index (χ3n) is 7.14. The molecule has 1 aromatic heterocycles. The van der Waals surface area contributed by atoms with Gasteiger partial charge in [-0.3, -0.25) is 0 Å². The van der Waals surface area contributed by atoms with Gasteiger partial charge in [0.15, 0.2) is 0 Å². The molecular formula is C26H32O3. The van der Waals surface area contributed by atoms with Crippen molar-refractivity contribution >= 4 is 12.0 Å². The molecule has 0 saturated carbocycles. The van der Waals surface area contributed by atoms with Gasteiger partial charge in [-0.05, 0) is 77.8 Å². The predicted octanol–water partition coefficient (Wildman–Crippen LogP) is 6.50. The molecule has 3 nitrogen and oxygen atoms in total. The number of fused-ring (bicyclic) bond motifs is 2. The molecule has 0 bridgehead atoms. The molecule has 0 radical (unpaired) electrons. The van der Waals surface area contributed by atoms with Gasteiger partial charge in [0.1, 0.15) is 11.5 Å². The molecule has 2 aromatic rings. The third-order valence-corrected chi connectivity index (χ3v) is 7.14. The number of hydrogen-bond acceptors (Lipinski definition) is 2. The van der Waals surface area contributed by atoms with Crippen molar-refractivity contribution in [2.45, 2.75) is 83.5 Å². The highest BCUT2D eigenvalue weighted by Gasteiger charge is 2.38. The van der Waals surface area contributed by atoms with Gasteiger partial charge in [0.05, 0.1) is 0 Å². The summed E-state index contributed by atoms with van der Waals surface area (Å²) in [4.78, 5) is 10.9. The Morgan fingerprint density at radius 2 is 1.72 bits per heavy atom. The monoisotopic (exact) mass is 392 g/mol. The van der Waals surface area contributed by atoms with Crippen molar-refractivity contribution in [3.8, 4) is 0 Å². The molecule has 0 amide bonds. The quantitative estimate of drug-likeness (QED) is 0.606. The lowest BCUT2D eigenvalue weighted by Crippen LogP contribution is -2.34. The lowest BCUT2D eigenvalue weighted by molar-refractivity contribution is -0.131. The topological polar surface area (TPSA) is 50.4 Å². The maximum absolute atomic E-state index is 10.9. The second kappa shape index (κ2) is 6.90. The highest BCUT2D eigenvalue weighted by molar-refractivity contribution is 5.84. The summed E-state index contributed by atoms with van der Waals surface area (Å²) in [5.41, 5.74) is 7.41. The fourth-order valence-electron chi connectivity index (χ4n) is 5.25. The summed E-state index contributed by atoms with van der Waals surface area (Å²) in [5, 5.41) is 8.92. The number of carboxylic acids is 1. The van der Waals surface area contributed by atoms with Crippen LogP contribution < -0.4 is 0 Å². The van der Waals surface area contributed by atoms with Gasteiger partial charge >= 0.3 is 5.97 Å². The van der Waals surface area contributed by atoms with Crippen LogP contribution in [0, 0.1) is 6.92 Å². The van der Waals surface area contributed by atoms with Crippen molar-refractivity contribution in [3.05, 3.63) is 63.6 Å². The van der Waals surface area contributed by atoms with Crippen LogP contribution in [0.4, 0.5) is 0 Å². The number of hydrogen-bond donors (Lipinski definition) is 1. The Hall–Kier alpha value is -2.29. The summed E-state index contributed by atoms with van der Waals surface area (Å²) in [6.07, 6.45) is 8.27. The molecule has 1 atom stereocenters. The van der Waals surface area contributed by atoms with Gasteiger partial charge in [-0.15, -0.1) is 0 Å². The Kier molecular flexibility index (Phi) is 4.76. The van der Waals surface area contributed by atoms with Crippen LogP contribution in [0.5, 0.6) is 0 Å². The summed E-state index contributed by atoms with van der Waals surface area (Å²) in [7, 11) is 0. The van der Waals surface area contributed by atoms with E-state index in [1.165, 1.54) is 40.7 Å². The van der Waals surface area contributed by atoms with Crippen molar-refractivity contribution in [3.63, 3.8) is 0 Å². The zero-order chi connectivity index (χ0) is 21.0. The van der Waals surface area contributed by atoms with Crippen molar-refractivity contribution < 1.29 is 14.3 Å². The van der Waals surface area contributed by atoms with Crippen LogP contribution in [0.1, 0.15) is 98.6 Å². The molecule has 154 valence electrons. The van der Waals surface area contributed by atoms with Crippen molar-refractivity contribution in [1.82, 2.24) is 0 Å². The molecular weight excluding hydrogens is 360 g/mol. The van der Waals surface area contributed by atoms with E-state index in [1.54, 1.807) is 6.08 Å². The Labute approximate surface area is 173 Å². The van der Waals surface area contributed by atoms with E-state index in [0.29, 0.717) is 11.7 Å². The number of carbonyl (C=O) groups is 1. The van der Waals surface area contributed by atoms with E-state index in [-0.39, 0.29) is 10.8 Å². The molecule has 0 saturated heterocycles. The van der Waals surface area contributed by atoms with E-state index in [2.05, 4.69) is 46.8 Å². The molecule has 2 aliphatic rings. The first-order valence-electron chi connectivity index (χ1n) is 10.8. The van der Waals surface area contributed by atoms with E-state index in [4.69, 9.17) is 9.52 Å². The van der Waals surface area contributed by atoms with Crippen molar-refractivity contribution in [2.24, 2.45) is 0 Å². The summed E-state index contributed by atoms with van der Waals surface area (Å²) in [6, 6.07) is 6.96. The zero-order valence-electron chi connectivity index (χ0n) is 18.3.